The molecule has 0 saturated carbocycles. The molecule has 1 rings (SSSR count). The summed E-state index contributed by atoms with van der Waals surface area (Å²) in [4.78, 5) is 10.1. The Morgan fingerprint density at radius 2 is 2.45 bits per heavy atom. The molecule has 1 aliphatic rings. The van der Waals surface area contributed by atoms with Gasteiger partial charge in [-0.25, -0.2) is 4.79 Å². The van der Waals surface area contributed by atoms with E-state index in [4.69, 9.17) is 10.2 Å². The first-order valence-electron chi connectivity index (χ1n) is 3.56. The van der Waals surface area contributed by atoms with Gasteiger partial charge in [-0.15, -0.1) is 0 Å². The fourth-order valence-electron chi connectivity index (χ4n) is 1.24. The summed E-state index contributed by atoms with van der Waals surface area (Å²) in [5.41, 5.74) is 0. The lowest BCUT2D eigenvalue weighted by Gasteiger charge is -2.07. The normalized spacial score (nSPS) is 30.3. The summed E-state index contributed by atoms with van der Waals surface area (Å²) < 4.78 is 0. The summed E-state index contributed by atoms with van der Waals surface area (Å²) in [6.07, 6.45) is -0.335. The molecule has 1 heterocycles. The second kappa shape index (κ2) is 3.54. The van der Waals surface area contributed by atoms with E-state index in [0.717, 1.165) is 0 Å². The van der Waals surface area contributed by atoms with E-state index >= 15 is 0 Å². The van der Waals surface area contributed by atoms with E-state index in [1.165, 1.54) is 0 Å². The van der Waals surface area contributed by atoms with Gasteiger partial charge in [-0.3, -0.25) is 0 Å². The number of nitrogens with one attached hydrogen (secondary N) is 2. The van der Waals surface area contributed by atoms with Crippen LogP contribution >= 0.6 is 0 Å². The van der Waals surface area contributed by atoms with Crippen molar-refractivity contribution in [2.75, 3.05) is 13.2 Å². The Hall–Kier alpha value is -0.810. The Kier molecular flexibility index (Phi) is 2.67. The molecule has 0 aromatic carbocycles. The van der Waals surface area contributed by atoms with E-state index in [9.17, 15) is 4.79 Å². The first kappa shape index (κ1) is 8.29. The Bertz CT molecular complexity index is 151. The number of carbonyl (C=O) groups is 1. The highest BCUT2D eigenvalue weighted by molar-refractivity contribution is 5.64. The zero-order valence-corrected chi connectivity index (χ0v) is 6.08. The van der Waals surface area contributed by atoms with Crippen LogP contribution in [0.3, 0.4) is 0 Å². The lowest BCUT2D eigenvalue weighted by Crippen LogP contribution is -2.34. The second-order valence-corrected chi connectivity index (χ2v) is 2.67. The van der Waals surface area contributed by atoms with Crippen LogP contribution in [0.1, 0.15) is 6.42 Å². The number of aliphatic hydroxyl groups is 1. The largest absolute Gasteiger partial charge is 0.465 e. The van der Waals surface area contributed by atoms with Crippen LogP contribution in [0.5, 0.6) is 0 Å². The summed E-state index contributed by atoms with van der Waals surface area (Å²) in [5, 5.41) is 22.3. The molecule has 4 N–H and O–H groups in total. The van der Waals surface area contributed by atoms with Crippen molar-refractivity contribution in [3.8, 4) is 0 Å². The van der Waals surface area contributed by atoms with Gasteiger partial charge in [0.1, 0.15) is 0 Å². The van der Waals surface area contributed by atoms with Gasteiger partial charge in [0.05, 0.1) is 6.61 Å². The predicted molar refractivity (Wildman–Crippen MR) is 38.4 cm³/mol. The van der Waals surface area contributed by atoms with Crippen molar-refractivity contribution in [2.45, 2.75) is 18.5 Å². The molecule has 2 atom stereocenters. The maximum absolute atomic E-state index is 10.1. The van der Waals surface area contributed by atoms with E-state index in [2.05, 4.69) is 10.6 Å². The van der Waals surface area contributed by atoms with Gasteiger partial charge < -0.3 is 20.8 Å². The van der Waals surface area contributed by atoms with Crippen LogP contribution in [0.25, 0.3) is 0 Å². The van der Waals surface area contributed by atoms with Gasteiger partial charge in [-0.2, -0.15) is 0 Å². The second-order valence-electron chi connectivity index (χ2n) is 2.67. The number of rotatable bonds is 2. The third-order valence-electron chi connectivity index (χ3n) is 1.77. The molecule has 0 aromatic rings. The molecule has 0 unspecified atom stereocenters. The minimum absolute atomic E-state index is 0.0480. The van der Waals surface area contributed by atoms with Crippen molar-refractivity contribution >= 4 is 6.09 Å². The molecule has 1 amide bonds. The number of amides is 1. The smallest absolute Gasteiger partial charge is 0.404 e. The Balaban J connectivity index is 2.24. The highest BCUT2D eigenvalue weighted by atomic mass is 16.4. The fraction of sp³-hybridized carbons (Fsp3) is 0.833. The third kappa shape index (κ3) is 2.36. The quantitative estimate of drug-likeness (QED) is 0.416. The maximum Gasteiger partial charge on any atom is 0.404 e. The number of carboxylic acid groups (broad SMARTS) is 1. The van der Waals surface area contributed by atoms with Crippen LogP contribution in [0.2, 0.25) is 0 Å². The summed E-state index contributed by atoms with van der Waals surface area (Å²) in [6, 6.07) is -0.00324. The molecule has 5 heteroatoms. The van der Waals surface area contributed by atoms with Gasteiger partial charge in [0.25, 0.3) is 0 Å². The monoisotopic (exact) mass is 160 g/mol. The highest BCUT2D eigenvalue weighted by Gasteiger charge is 2.23. The van der Waals surface area contributed by atoms with E-state index in [1.807, 2.05) is 0 Å². The Morgan fingerprint density at radius 1 is 1.73 bits per heavy atom. The van der Waals surface area contributed by atoms with Crippen molar-refractivity contribution in [3.05, 3.63) is 0 Å². The summed E-state index contributed by atoms with van der Waals surface area (Å²) in [7, 11) is 0. The molecule has 64 valence electrons. The molecule has 1 fully saturated rings. The van der Waals surface area contributed by atoms with Crippen molar-refractivity contribution < 1.29 is 15.0 Å². The van der Waals surface area contributed by atoms with E-state index < -0.39 is 6.09 Å². The fourth-order valence-corrected chi connectivity index (χ4v) is 1.24. The molecule has 0 aromatic heterocycles. The number of aliphatic hydroxyl groups excluding tert-OH is 1. The molecule has 0 aliphatic carbocycles. The SMILES string of the molecule is O=C(O)N[C@@H]1CN[C@@H](CO)C1. The van der Waals surface area contributed by atoms with E-state index in [1.54, 1.807) is 0 Å². The molecule has 1 aliphatic heterocycles. The van der Waals surface area contributed by atoms with Crippen LogP contribution in [-0.2, 0) is 0 Å². The van der Waals surface area contributed by atoms with Gasteiger partial charge >= 0.3 is 6.09 Å². The average Bonchev–Trinajstić information content (AvgIpc) is 2.34. The van der Waals surface area contributed by atoms with Crippen LogP contribution in [0.4, 0.5) is 4.79 Å². The molecule has 5 nitrogen and oxygen atoms in total. The highest BCUT2D eigenvalue weighted by Crippen LogP contribution is 2.04. The van der Waals surface area contributed by atoms with Crippen LogP contribution < -0.4 is 10.6 Å². The van der Waals surface area contributed by atoms with Gasteiger partial charge in [0.15, 0.2) is 0 Å². The zero-order chi connectivity index (χ0) is 8.27. The van der Waals surface area contributed by atoms with Crippen LogP contribution in [0, 0.1) is 0 Å². The predicted octanol–water partition coefficient (Wildman–Crippen LogP) is -1.02. The van der Waals surface area contributed by atoms with Crippen LogP contribution in [0.15, 0.2) is 0 Å². The van der Waals surface area contributed by atoms with Gasteiger partial charge in [-0.05, 0) is 6.42 Å². The Labute approximate surface area is 64.4 Å². The first-order chi connectivity index (χ1) is 5.22. The number of hydrogen-bond acceptors (Lipinski definition) is 3. The summed E-state index contributed by atoms with van der Waals surface area (Å²) >= 11 is 0. The summed E-state index contributed by atoms with van der Waals surface area (Å²) in [6.45, 7) is 0.676. The van der Waals surface area contributed by atoms with Crippen molar-refractivity contribution in [3.63, 3.8) is 0 Å². The minimum Gasteiger partial charge on any atom is -0.465 e. The molecule has 0 radical (unpaired) electrons. The van der Waals surface area contributed by atoms with Gasteiger partial charge in [-0.1, -0.05) is 0 Å². The molecule has 1 saturated heterocycles. The standard InChI is InChI=1S/C6H12N2O3/c9-3-5-1-4(2-7-5)8-6(10)11/h4-5,7-9H,1-3H2,(H,10,11)/t4-,5+/m0/s1. The number of hydrogen-bond donors (Lipinski definition) is 4. The first-order valence-corrected chi connectivity index (χ1v) is 3.56. The molecular weight excluding hydrogens is 148 g/mol. The van der Waals surface area contributed by atoms with Crippen molar-refractivity contribution in [1.82, 2.24) is 10.6 Å². The van der Waals surface area contributed by atoms with Gasteiger partial charge in [0.2, 0.25) is 0 Å². The average molecular weight is 160 g/mol. The van der Waals surface area contributed by atoms with Crippen LogP contribution in [-0.4, -0.2) is 41.5 Å². The minimum atomic E-state index is -1.00. The maximum atomic E-state index is 10.1. The van der Waals surface area contributed by atoms with E-state index in [-0.39, 0.29) is 18.7 Å². The molecule has 0 bridgehead atoms. The molecule has 11 heavy (non-hydrogen) atoms. The lowest BCUT2D eigenvalue weighted by molar-refractivity contribution is 0.190. The topological polar surface area (TPSA) is 81.6 Å². The molecule has 0 spiro atoms. The molecular formula is C6H12N2O3. The third-order valence-corrected chi connectivity index (χ3v) is 1.77. The van der Waals surface area contributed by atoms with Gasteiger partial charge in [0, 0.05) is 18.6 Å². The van der Waals surface area contributed by atoms with E-state index in [0.29, 0.717) is 13.0 Å². The van der Waals surface area contributed by atoms with Crippen molar-refractivity contribution in [1.29, 1.82) is 0 Å². The zero-order valence-electron chi connectivity index (χ0n) is 6.08. The lowest BCUT2D eigenvalue weighted by atomic mass is 10.2. The Morgan fingerprint density at radius 3 is 2.91 bits per heavy atom. The summed E-state index contributed by atoms with van der Waals surface area (Å²) in [5.74, 6) is 0. The van der Waals surface area contributed by atoms with Crippen molar-refractivity contribution in [2.24, 2.45) is 0 Å².